The summed E-state index contributed by atoms with van der Waals surface area (Å²) < 4.78 is 79.2. The maximum absolute atomic E-state index is 14.1. The van der Waals surface area contributed by atoms with Crippen LogP contribution in [0.2, 0.25) is 0 Å². The molecule has 2 rings (SSSR count). The van der Waals surface area contributed by atoms with Crippen molar-refractivity contribution in [1.82, 2.24) is 10.6 Å². The lowest BCUT2D eigenvalue weighted by molar-refractivity contribution is -0.301. The number of phosphoric acid groups is 2. The van der Waals surface area contributed by atoms with Crippen molar-refractivity contribution in [3.05, 3.63) is 12.2 Å². The second-order valence-electron chi connectivity index (χ2n) is 25.0. The molecular weight excluding hydrogens is 1190 g/mol. The first-order valence-electron chi connectivity index (χ1n) is 35.2. The van der Waals surface area contributed by atoms with Gasteiger partial charge in [-0.2, -0.15) is 0 Å². The fourth-order valence-electron chi connectivity index (χ4n) is 11.8. The molecule has 2 heterocycles. The molecule has 526 valence electrons. The van der Waals surface area contributed by atoms with Crippen LogP contribution in [0.1, 0.15) is 285 Å². The number of aliphatic hydroxyl groups excluding tert-OH is 2. The average Bonchev–Trinajstić information content (AvgIpc) is 2.77. The molecule has 2 unspecified atom stereocenters. The predicted molar refractivity (Wildman–Crippen MR) is 348 cm³/mol. The zero-order chi connectivity index (χ0) is 65.4. The number of amides is 2. The maximum atomic E-state index is 14.1. The van der Waals surface area contributed by atoms with Gasteiger partial charge in [-0.15, -0.1) is 0 Å². The summed E-state index contributed by atoms with van der Waals surface area (Å²) in [5.41, 5.74) is 0. The number of unbranched alkanes of at least 4 members (excludes halogenated alkanes) is 30. The number of nitrogens with one attached hydrogen (secondary N) is 2. The number of rotatable bonds is 59. The highest BCUT2D eigenvalue weighted by molar-refractivity contribution is 7.46. The van der Waals surface area contributed by atoms with Gasteiger partial charge in [-0.25, -0.2) is 9.13 Å². The highest BCUT2D eigenvalue weighted by atomic mass is 31.2. The highest BCUT2D eigenvalue weighted by Crippen LogP contribution is 2.44. The largest absolute Gasteiger partial charge is 0.472 e. The molecule has 8 N–H and O–H groups in total. The molecule has 21 nitrogen and oxygen atoms in total. The Hall–Kier alpha value is -1.46. The van der Waals surface area contributed by atoms with Crippen LogP contribution >= 0.6 is 15.6 Å². The van der Waals surface area contributed by atoms with Crippen LogP contribution in [0.25, 0.3) is 0 Å². The number of allylic oxidation sites excluding steroid dienone is 2. The lowest BCUT2D eigenvalue weighted by Crippen LogP contribution is -2.67. The van der Waals surface area contributed by atoms with Crippen molar-refractivity contribution in [1.29, 1.82) is 0 Å². The van der Waals surface area contributed by atoms with Gasteiger partial charge in [0.2, 0.25) is 11.8 Å². The van der Waals surface area contributed by atoms with Crippen molar-refractivity contribution in [3.63, 3.8) is 0 Å². The maximum Gasteiger partial charge on any atom is 0.472 e. The molecule has 23 heteroatoms. The highest BCUT2D eigenvalue weighted by Gasteiger charge is 2.53. The number of phosphoric ester groups is 2. The van der Waals surface area contributed by atoms with Crippen LogP contribution in [0.3, 0.4) is 0 Å². The first-order chi connectivity index (χ1) is 42.9. The van der Waals surface area contributed by atoms with E-state index in [1.807, 2.05) is 0 Å². The Morgan fingerprint density at radius 2 is 0.933 bits per heavy atom. The fourth-order valence-corrected chi connectivity index (χ4v) is 12.8. The van der Waals surface area contributed by atoms with Crippen LogP contribution in [-0.2, 0) is 60.9 Å². The molecular formula is C66H128N2O19P2. The van der Waals surface area contributed by atoms with E-state index in [4.69, 9.17) is 42.2 Å². The predicted octanol–water partition coefficient (Wildman–Crippen LogP) is 13.4. The van der Waals surface area contributed by atoms with Gasteiger partial charge in [0.1, 0.15) is 48.7 Å². The number of aliphatic hydroxyl groups is 2. The number of hydrogen-bond acceptors (Lipinski definition) is 15. The zero-order valence-electron chi connectivity index (χ0n) is 56.1. The number of carbonyl (C=O) groups is 2. The standard InChI is InChI=1S/C66H128N2O19P2/c1-7-11-15-19-22-25-26-27-28-29-30-32-34-38-42-46-57(70)67-60-64(82-49-47-53(69)44-40-36-18-14-10-4)62(86-88(73,74)75)56(51-79-5)85-65(60)83-52-55-61(72)63(81-48-43-39-35-24-21-17-13-9-3)59(66(84-55)87-89(76,77)78)68-58(71)50-54(80-6)45-41-37-33-31-23-20-16-12-8-2/h25-26,53-56,59-66,69,72H,7-24,27-52H2,1-6H3,(H,67,70)(H,68,71)(H2,73,74,75)(H2,76,77,78)/b26-25-/t53?,54?,55-,56-,59-,60-,61-,62-,63-,64-,65-,66-/m1/s1. The van der Waals surface area contributed by atoms with Gasteiger partial charge in [-0.3, -0.25) is 18.6 Å². The van der Waals surface area contributed by atoms with Crippen molar-refractivity contribution in [2.45, 2.75) is 358 Å². The number of hydrogen-bond donors (Lipinski definition) is 8. The summed E-state index contributed by atoms with van der Waals surface area (Å²) in [6, 6.07) is -2.77. The summed E-state index contributed by atoms with van der Waals surface area (Å²) >= 11 is 0. The average molecular weight is 1320 g/mol. The third-order valence-electron chi connectivity index (χ3n) is 17.0. The summed E-state index contributed by atoms with van der Waals surface area (Å²) in [6.07, 6.45) is 29.5. The Labute approximate surface area is 537 Å². The van der Waals surface area contributed by atoms with Gasteiger partial charge in [0, 0.05) is 33.9 Å². The van der Waals surface area contributed by atoms with Crippen LogP contribution in [0.5, 0.6) is 0 Å². The Balaban J connectivity index is 2.45. The molecule has 2 saturated heterocycles. The van der Waals surface area contributed by atoms with E-state index < -0.39 is 108 Å². The first-order valence-corrected chi connectivity index (χ1v) is 38.2. The van der Waals surface area contributed by atoms with Gasteiger partial charge in [-0.05, 0) is 57.8 Å². The molecule has 0 aromatic carbocycles. The Bertz CT molecular complexity index is 1850. The second-order valence-corrected chi connectivity index (χ2v) is 27.4. The molecule has 0 bridgehead atoms. The molecule has 2 aliphatic rings. The van der Waals surface area contributed by atoms with E-state index in [2.05, 4.69) is 50.5 Å². The molecule has 89 heavy (non-hydrogen) atoms. The molecule has 12 atom stereocenters. The van der Waals surface area contributed by atoms with Crippen molar-refractivity contribution >= 4 is 27.5 Å². The summed E-state index contributed by atoms with van der Waals surface area (Å²) in [5, 5.41) is 29.1. The smallest absolute Gasteiger partial charge is 0.393 e. The number of ether oxygens (including phenoxy) is 7. The van der Waals surface area contributed by atoms with Gasteiger partial charge in [0.15, 0.2) is 12.6 Å². The minimum atomic E-state index is -5.36. The van der Waals surface area contributed by atoms with E-state index in [9.17, 15) is 48.5 Å². The van der Waals surface area contributed by atoms with Crippen LogP contribution in [0.15, 0.2) is 12.2 Å². The van der Waals surface area contributed by atoms with Crippen LogP contribution in [-0.4, -0.2) is 156 Å². The SMILES string of the molecule is CCCCCC/C=C\CCCCCCCCCC(=O)N[C@H]1[C@H](OC[C@H]2O[C@H](OP(=O)(O)O)[C@H](NC(=O)CC(CCCCCCCCCCC)OC)[C@@H](OCCCCCCCCCC)[C@@H]2O)O[C@H](COC)[C@@H](OP(=O)(O)O)[C@@H]1OCCC(O)CCCCCCC. The molecule has 0 aromatic rings. The summed E-state index contributed by atoms with van der Waals surface area (Å²) in [6.45, 7) is 7.83. The summed E-state index contributed by atoms with van der Waals surface area (Å²) in [7, 11) is -7.75. The Morgan fingerprint density at radius 1 is 0.483 bits per heavy atom. The van der Waals surface area contributed by atoms with E-state index in [1.165, 1.54) is 78.4 Å². The van der Waals surface area contributed by atoms with Gasteiger partial charge in [0.25, 0.3) is 0 Å². The lowest BCUT2D eigenvalue weighted by atomic mass is 9.95. The lowest BCUT2D eigenvalue weighted by Gasteiger charge is -2.47. The topological polar surface area (TPSA) is 297 Å². The van der Waals surface area contributed by atoms with Gasteiger partial charge >= 0.3 is 15.6 Å². The third-order valence-corrected chi connectivity index (χ3v) is 18.0. The van der Waals surface area contributed by atoms with Crippen molar-refractivity contribution in [2.75, 3.05) is 40.6 Å². The van der Waals surface area contributed by atoms with Gasteiger partial charge in [-0.1, -0.05) is 226 Å². The minimum Gasteiger partial charge on any atom is -0.393 e. The van der Waals surface area contributed by atoms with E-state index in [-0.39, 0.29) is 39.1 Å². The van der Waals surface area contributed by atoms with E-state index >= 15 is 0 Å². The molecule has 0 radical (unpaired) electrons. The van der Waals surface area contributed by atoms with Crippen molar-refractivity contribution < 1.29 is 90.7 Å². The van der Waals surface area contributed by atoms with Crippen molar-refractivity contribution in [2.24, 2.45) is 0 Å². The first kappa shape index (κ1) is 83.6. The van der Waals surface area contributed by atoms with Crippen LogP contribution in [0.4, 0.5) is 0 Å². The quantitative estimate of drug-likeness (QED) is 0.0159. The van der Waals surface area contributed by atoms with E-state index in [1.54, 1.807) is 0 Å². The molecule has 2 amide bonds. The van der Waals surface area contributed by atoms with Crippen LogP contribution < -0.4 is 10.6 Å². The molecule has 2 fully saturated rings. The molecule has 2 aliphatic heterocycles. The van der Waals surface area contributed by atoms with E-state index in [0.29, 0.717) is 25.7 Å². The minimum absolute atomic E-state index is 0.0858. The molecule has 0 saturated carbocycles. The normalized spacial score (nSPS) is 23.3. The second kappa shape index (κ2) is 52.8. The van der Waals surface area contributed by atoms with Gasteiger partial charge in [0.05, 0.1) is 31.8 Å². The molecule has 0 spiro atoms. The zero-order valence-corrected chi connectivity index (χ0v) is 57.9. The molecule has 0 aliphatic carbocycles. The Morgan fingerprint density at radius 3 is 1.46 bits per heavy atom. The summed E-state index contributed by atoms with van der Waals surface area (Å²) in [5.74, 6) is -0.975. The van der Waals surface area contributed by atoms with Crippen molar-refractivity contribution in [3.8, 4) is 0 Å². The number of carbonyl (C=O) groups excluding carboxylic acids is 2. The number of methoxy groups -OCH3 is 2. The summed E-state index contributed by atoms with van der Waals surface area (Å²) in [4.78, 5) is 69.3. The van der Waals surface area contributed by atoms with Gasteiger partial charge < -0.3 is 73.6 Å². The van der Waals surface area contributed by atoms with E-state index in [0.717, 1.165) is 148 Å². The Kier molecular flexibility index (Phi) is 49.6. The molecule has 0 aromatic heterocycles. The van der Waals surface area contributed by atoms with Crippen LogP contribution in [0, 0.1) is 0 Å². The monoisotopic (exact) mass is 1310 g/mol. The third kappa shape index (κ3) is 41.2. The fraction of sp³-hybridized carbons (Fsp3) is 0.939.